The van der Waals surface area contributed by atoms with Crippen molar-refractivity contribution in [1.82, 2.24) is 4.90 Å². The number of benzene rings is 1. The highest BCUT2D eigenvalue weighted by Gasteiger charge is 2.27. The van der Waals surface area contributed by atoms with Crippen LogP contribution in [0.1, 0.15) is 19.8 Å². The van der Waals surface area contributed by atoms with Crippen LogP contribution in [0.25, 0.3) is 0 Å². The molecule has 1 aromatic carbocycles. The van der Waals surface area contributed by atoms with Crippen molar-refractivity contribution in [2.45, 2.75) is 31.8 Å². The number of likely N-dealkylation sites (N-methyl/N-ethyl adjacent to an activating group) is 1. The summed E-state index contributed by atoms with van der Waals surface area (Å²) < 4.78 is 14.0. The third kappa shape index (κ3) is 3.25. The van der Waals surface area contributed by atoms with Gasteiger partial charge >= 0.3 is 0 Å². The number of rotatable bonds is 3. The lowest BCUT2D eigenvalue weighted by Gasteiger charge is -2.33. The van der Waals surface area contributed by atoms with Crippen LogP contribution in [0.3, 0.4) is 0 Å². The molecule has 0 bridgehead atoms. The van der Waals surface area contributed by atoms with Crippen LogP contribution in [0, 0.1) is 5.82 Å². The van der Waals surface area contributed by atoms with Gasteiger partial charge in [0.15, 0.2) is 0 Å². The lowest BCUT2D eigenvalue weighted by molar-refractivity contribution is 0.252. The molecule has 0 saturated carbocycles. The Bertz CT molecular complexity index is 410. The molecule has 2 unspecified atom stereocenters. The van der Waals surface area contributed by atoms with Crippen molar-refractivity contribution >= 4 is 5.69 Å². The summed E-state index contributed by atoms with van der Waals surface area (Å²) in [5, 5.41) is 0. The van der Waals surface area contributed by atoms with E-state index in [1.165, 1.54) is 6.07 Å². The van der Waals surface area contributed by atoms with Crippen LogP contribution < -0.4 is 10.6 Å². The molecule has 2 N–H and O–H groups in total. The monoisotopic (exact) mass is 265 g/mol. The van der Waals surface area contributed by atoms with E-state index >= 15 is 0 Å². The average molecular weight is 265 g/mol. The molecule has 0 amide bonds. The van der Waals surface area contributed by atoms with Gasteiger partial charge < -0.3 is 15.5 Å². The van der Waals surface area contributed by atoms with Gasteiger partial charge in [-0.05, 0) is 45.5 Å². The Morgan fingerprint density at radius 3 is 2.79 bits per heavy atom. The SMILES string of the molecule is CC1CCN(c2ccccc2F)C(CCN)CN1C. The molecule has 1 saturated heterocycles. The number of para-hydroxylation sites is 1. The van der Waals surface area contributed by atoms with E-state index in [1.807, 2.05) is 12.1 Å². The van der Waals surface area contributed by atoms with Crippen LogP contribution >= 0.6 is 0 Å². The van der Waals surface area contributed by atoms with Crippen molar-refractivity contribution in [2.24, 2.45) is 5.73 Å². The first-order valence-electron chi connectivity index (χ1n) is 7.05. The van der Waals surface area contributed by atoms with Gasteiger partial charge in [-0.3, -0.25) is 0 Å². The van der Waals surface area contributed by atoms with E-state index in [4.69, 9.17) is 5.73 Å². The number of halogens is 1. The fourth-order valence-electron chi connectivity index (χ4n) is 2.78. The normalized spacial score (nSPS) is 25.4. The van der Waals surface area contributed by atoms with Gasteiger partial charge in [-0.1, -0.05) is 12.1 Å². The summed E-state index contributed by atoms with van der Waals surface area (Å²) in [5.41, 5.74) is 6.44. The highest BCUT2D eigenvalue weighted by Crippen LogP contribution is 2.25. The Balaban J connectivity index is 2.27. The maximum atomic E-state index is 14.0. The molecular formula is C15H24FN3. The Morgan fingerprint density at radius 2 is 2.11 bits per heavy atom. The molecule has 1 heterocycles. The van der Waals surface area contributed by atoms with Gasteiger partial charge in [-0.25, -0.2) is 4.39 Å². The molecule has 1 aliphatic heterocycles. The average Bonchev–Trinajstić information content (AvgIpc) is 2.52. The standard InChI is InChI=1S/C15H24FN3/c1-12-8-10-19(13(7-9-17)11-18(12)2)15-6-4-3-5-14(15)16/h3-6,12-13H,7-11,17H2,1-2H3. The molecule has 0 aromatic heterocycles. The highest BCUT2D eigenvalue weighted by atomic mass is 19.1. The van der Waals surface area contributed by atoms with E-state index in [2.05, 4.69) is 23.8 Å². The summed E-state index contributed by atoms with van der Waals surface area (Å²) in [6.07, 6.45) is 1.94. The van der Waals surface area contributed by atoms with Crippen LogP contribution in [0.2, 0.25) is 0 Å². The molecule has 3 nitrogen and oxygen atoms in total. The second-order valence-electron chi connectivity index (χ2n) is 5.45. The Hall–Kier alpha value is -1.13. The molecule has 106 valence electrons. The molecule has 1 aliphatic rings. The summed E-state index contributed by atoms with van der Waals surface area (Å²) in [6, 6.07) is 7.86. The van der Waals surface area contributed by atoms with E-state index in [0.717, 1.165) is 25.9 Å². The largest absolute Gasteiger partial charge is 0.365 e. The van der Waals surface area contributed by atoms with Crippen molar-refractivity contribution in [3.63, 3.8) is 0 Å². The summed E-state index contributed by atoms with van der Waals surface area (Å²) in [7, 11) is 2.14. The molecule has 0 spiro atoms. The van der Waals surface area contributed by atoms with Crippen LogP contribution in [-0.2, 0) is 0 Å². The Kier molecular flexibility index (Phi) is 4.77. The molecule has 0 aliphatic carbocycles. The molecule has 1 fully saturated rings. The molecule has 0 radical (unpaired) electrons. The molecular weight excluding hydrogens is 241 g/mol. The maximum Gasteiger partial charge on any atom is 0.146 e. The lowest BCUT2D eigenvalue weighted by atomic mass is 10.1. The second kappa shape index (κ2) is 6.35. The van der Waals surface area contributed by atoms with E-state index in [1.54, 1.807) is 6.07 Å². The van der Waals surface area contributed by atoms with E-state index in [0.29, 0.717) is 18.3 Å². The number of nitrogens with two attached hydrogens (primary N) is 1. The van der Waals surface area contributed by atoms with Crippen molar-refractivity contribution < 1.29 is 4.39 Å². The lowest BCUT2D eigenvalue weighted by Crippen LogP contribution is -2.42. The van der Waals surface area contributed by atoms with Crippen molar-refractivity contribution in [2.75, 3.05) is 31.6 Å². The second-order valence-corrected chi connectivity index (χ2v) is 5.45. The third-order valence-corrected chi connectivity index (χ3v) is 4.14. The van der Waals surface area contributed by atoms with Crippen molar-refractivity contribution in [3.8, 4) is 0 Å². The molecule has 19 heavy (non-hydrogen) atoms. The predicted octanol–water partition coefficient (Wildman–Crippen LogP) is 2.07. The van der Waals surface area contributed by atoms with Crippen molar-refractivity contribution in [3.05, 3.63) is 30.1 Å². The van der Waals surface area contributed by atoms with Crippen molar-refractivity contribution in [1.29, 1.82) is 0 Å². The quantitative estimate of drug-likeness (QED) is 0.908. The van der Waals surface area contributed by atoms with Gasteiger partial charge in [0.25, 0.3) is 0 Å². The van der Waals surface area contributed by atoms with E-state index in [9.17, 15) is 4.39 Å². The smallest absolute Gasteiger partial charge is 0.146 e. The number of anilines is 1. The fraction of sp³-hybridized carbons (Fsp3) is 0.600. The minimum atomic E-state index is -0.137. The Morgan fingerprint density at radius 1 is 1.37 bits per heavy atom. The van der Waals surface area contributed by atoms with Crippen LogP contribution in [0.15, 0.2) is 24.3 Å². The third-order valence-electron chi connectivity index (χ3n) is 4.14. The molecule has 1 aromatic rings. The zero-order valence-corrected chi connectivity index (χ0v) is 11.8. The van der Waals surface area contributed by atoms with Gasteiger partial charge in [0.05, 0.1) is 5.69 Å². The molecule has 2 rings (SSSR count). The summed E-state index contributed by atoms with van der Waals surface area (Å²) in [6.45, 7) is 4.69. The van der Waals surface area contributed by atoms with Crippen LogP contribution in [-0.4, -0.2) is 43.7 Å². The minimum absolute atomic E-state index is 0.137. The number of nitrogens with zero attached hydrogens (tertiary/aromatic N) is 2. The zero-order chi connectivity index (χ0) is 13.8. The topological polar surface area (TPSA) is 32.5 Å². The first-order chi connectivity index (χ1) is 9.13. The predicted molar refractivity (Wildman–Crippen MR) is 77.9 cm³/mol. The van der Waals surface area contributed by atoms with Gasteiger partial charge in [0, 0.05) is 25.2 Å². The summed E-state index contributed by atoms with van der Waals surface area (Å²) in [5.74, 6) is -0.137. The summed E-state index contributed by atoms with van der Waals surface area (Å²) in [4.78, 5) is 4.55. The Labute approximate surface area is 115 Å². The zero-order valence-electron chi connectivity index (χ0n) is 11.8. The van der Waals surface area contributed by atoms with Crippen LogP contribution in [0.5, 0.6) is 0 Å². The van der Waals surface area contributed by atoms with Gasteiger partial charge in [-0.15, -0.1) is 0 Å². The summed E-state index contributed by atoms with van der Waals surface area (Å²) >= 11 is 0. The number of hydrogen-bond acceptors (Lipinski definition) is 3. The van der Waals surface area contributed by atoms with Crippen LogP contribution in [0.4, 0.5) is 10.1 Å². The minimum Gasteiger partial charge on any atom is -0.365 e. The fourth-order valence-corrected chi connectivity index (χ4v) is 2.78. The molecule has 4 heteroatoms. The first kappa shape index (κ1) is 14.3. The maximum absolute atomic E-state index is 14.0. The van der Waals surface area contributed by atoms with Gasteiger partial charge in [0.1, 0.15) is 5.82 Å². The van der Waals surface area contributed by atoms with Gasteiger partial charge in [-0.2, -0.15) is 0 Å². The molecule has 2 atom stereocenters. The highest BCUT2D eigenvalue weighted by molar-refractivity contribution is 5.49. The van der Waals surface area contributed by atoms with Gasteiger partial charge in [0.2, 0.25) is 0 Å². The van der Waals surface area contributed by atoms with E-state index < -0.39 is 0 Å². The number of hydrogen-bond donors (Lipinski definition) is 1. The first-order valence-corrected chi connectivity index (χ1v) is 7.05. The van der Waals surface area contributed by atoms with E-state index in [-0.39, 0.29) is 11.9 Å².